The van der Waals surface area contributed by atoms with Gasteiger partial charge in [0.25, 0.3) is 10.1 Å². The first-order valence-electron chi connectivity index (χ1n) is 5.20. The Kier molecular flexibility index (Phi) is 5.41. The topological polar surface area (TPSA) is 74.7 Å². The van der Waals surface area contributed by atoms with Crippen LogP contribution in [0, 0.1) is 5.41 Å². The van der Waals surface area contributed by atoms with Gasteiger partial charge in [-0.1, -0.05) is 20.8 Å². The van der Waals surface area contributed by atoms with E-state index in [0.29, 0.717) is 6.42 Å². The van der Waals surface area contributed by atoms with Crippen LogP contribution in [-0.2, 0) is 14.9 Å². The van der Waals surface area contributed by atoms with Gasteiger partial charge >= 0.3 is 0 Å². The van der Waals surface area contributed by atoms with Gasteiger partial charge in [-0.3, -0.25) is 9.35 Å². The van der Waals surface area contributed by atoms with Crippen LogP contribution >= 0.6 is 0 Å². The van der Waals surface area contributed by atoms with Crippen molar-refractivity contribution in [2.24, 2.45) is 5.41 Å². The zero-order valence-corrected chi connectivity index (χ0v) is 11.2. The number of hydrogen-bond donors (Lipinski definition) is 1. The van der Waals surface area contributed by atoms with Gasteiger partial charge in [0.2, 0.25) is 5.91 Å². The maximum Gasteiger partial charge on any atom is 0.266 e. The summed E-state index contributed by atoms with van der Waals surface area (Å²) in [6, 6.07) is 0. The van der Waals surface area contributed by atoms with Crippen molar-refractivity contribution < 1.29 is 17.8 Å². The van der Waals surface area contributed by atoms with Crippen LogP contribution in [0.3, 0.4) is 0 Å². The molecule has 0 radical (unpaired) electrons. The Bertz CT molecular complexity index is 329. The number of carbonyl (C=O) groups excluding carboxylic acids is 1. The van der Waals surface area contributed by atoms with E-state index in [1.807, 2.05) is 20.8 Å². The molecule has 16 heavy (non-hydrogen) atoms. The van der Waals surface area contributed by atoms with Crippen LogP contribution in [0.5, 0.6) is 0 Å². The highest BCUT2D eigenvalue weighted by Gasteiger charge is 2.16. The summed E-state index contributed by atoms with van der Waals surface area (Å²) in [4.78, 5) is 12.9. The molecule has 0 saturated heterocycles. The lowest BCUT2D eigenvalue weighted by Gasteiger charge is -2.21. The maximum atomic E-state index is 11.6. The molecule has 5 nitrogen and oxygen atoms in total. The van der Waals surface area contributed by atoms with E-state index in [-0.39, 0.29) is 17.9 Å². The van der Waals surface area contributed by atoms with E-state index in [0.717, 1.165) is 6.42 Å². The molecule has 0 spiro atoms. The van der Waals surface area contributed by atoms with Gasteiger partial charge in [0, 0.05) is 20.0 Å². The van der Waals surface area contributed by atoms with Crippen LogP contribution in [0.2, 0.25) is 0 Å². The van der Waals surface area contributed by atoms with Crippen LogP contribution in [-0.4, -0.2) is 43.1 Å². The predicted molar refractivity (Wildman–Crippen MR) is 62.7 cm³/mol. The molecule has 0 aromatic heterocycles. The molecular formula is C10H21NO4S. The minimum absolute atomic E-state index is 0.0296. The summed E-state index contributed by atoms with van der Waals surface area (Å²) in [5.41, 5.74) is 0.0829. The summed E-state index contributed by atoms with van der Waals surface area (Å²) in [7, 11) is -2.45. The van der Waals surface area contributed by atoms with Crippen LogP contribution in [0.4, 0.5) is 0 Å². The summed E-state index contributed by atoms with van der Waals surface area (Å²) >= 11 is 0. The largest absolute Gasteiger partial charge is 0.345 e. The molecule has 0 heterocycles. The SMILES string of the molecule is CN(CCS(=O)(=O)O)C(=O)CCC(C)(C)C. The molecule has 0 aromatic rings. The molecule has 1 amide bonds. The number of nitrogens with zero attached hydrogens (tertiary/aromatic N) is 1. The number of rotatable bonds is 5. The van der Waals surface area contributed by atoms with Crippen LogP contribution in [0.25, 0.3) is 0 Å². The third-order valence-electron chi connectivity index (χ3n) is 2.20. The van der Waals surface area contributed by atoms with Crippen molar-refractivity contribution in [3.05, 3.63) is 0 Å². The summed E-state index contributed by atoms with van der Waals surface area (Å²) < 4.78 is 29.5. The zero-order chi connectivity index (χ0) is 13.0. The third-order valence-corrected chi connectivity index (χ3v) is 2.90. The first-order valence-corrected chi connectivity index (χ1v) is 6.81. The Morgan fingerprint density at radius 2 is 1.81 bits per heavy atom. The van der Waals surface area contributed by atoms with Crippen molar-refractivity contribution in [3.63, 3.8) is 0 Å². The molecule has 0 aliphatic rings. The van der Waals surface area contributed by atoms with E-state index in [4.69, 9.17) is 4.55 Å². The van der Waals surface area contributed by atoms with E-state index in [9.17, 15) is 13.2 Å². The van der Waals surface area contributed by atoms with Crippen LogP contribution < -0.4 is 0 Å². The first kappa shape index (κ1) is 15.4. The minimum Gasteiger partial charge on any atom is -0.345 e. The van der Waals surface area contributed by atoms with Crippen LogP contribution in [0.15, 0.2) is 0 Å². The quantitative estimate of drug-likeness (QED) is 0.744. The standard InChI is InChI=1S/C10H21NO4S/c1-10(2,3)6-5-9(12)11(4)7-8-16(13,14)15/h5-8H2,1-4H3,(H,13,14,15). The molecule has 0 rings (SSSR count). The fraction of sp³-hybridized carbons (Fsp3) is 0.900. The van der Waals surface area contributed by atoms with Crippen molar-refractivity contribution in [2.45, 2.75) is 33.6 Å². The van der Waals surface area contributed by atoms with E-state index >= 15 is 0 Å². The van der Waals surface area contributed by atoms with Crippen molar-refractivity contribution in [2.75, 3.05) is 19.3 Å². The number of hydrogen-bond acceptors (Lipinski definition) is 3. The molecule has 0 aliphatic heterocycles. The van der Waals surface area contributed by atoms with E-state index in [1.165, 1.54) is 11.9 Å². The lowest BCUT2D eigenvalue weighted by molar-refractivity contribution is -0.130. The second-order valence-electron chi connectivity index (χ2n) is 5.16. The first-order chi connectivity index (χ1) is 7.01. The Morgan fingerprint density at radius 3 is 2.19 bits per heavy atom. The van der Waals surface area contributed by atoms with Gasteiger partial charge in [0.1, 0.15) is 0 Å². The van der Waals surface area contributed by atoms with Gasteiger partial charge in [-0.05, 0) is 11.8 Å². The molecule has 1 N–H and O–H groups in total. The number of amides is 1. The molecule has 0 unspecified atom stereocenters. The third kappa shape index (κ3) is 8.67. The molecule has 0 fully saturated rings. The predicted octanol–water partition coefficient (Wildman–Crippen LogP) is 1.16. The molecular weight excluding hydrogens is 230 g/mol. The average Bonchev–Trinajstić information content (AvgIpc) is 2.07. The van der Waals surface area contributed by atoms with Crippen molar-refractivity contribution in [1.82, 2.24) is 4.90 Å². The fourth-order valence-corrected chi connectivity index (χ4v) is 1.55. The normalized spacial score (nSPS) is 12.6. The van der Waals surface area contributed by atoms with E-state index in [1.54, 1.807) is 0 Å². The van der Waals surface area contributed by atoms with Crippen molar-refractivity contribution >= 4 is 16.0 Å². The zero-order valence-electron chi connectivity index (χ0n) is 10.4. The molecule has 0 atom stereocenters. The minimum atomic E-state index is -3.99. The summed E-state index contributed by atoms with van der Waals surface area (Å²) in [5.74, 6) is -0.510. The molecule has 0 bridgehead atoms. The van der Waals surface area contributed by atoms with Gasteiger partial charge in [-0.25, -0.2) is 0 Å². The Balaban J connectivity index is 4.01. The Hall–Kier alpha value is -0.620. The lowest BCUT2D eigenvalue weighted by Crippen LogP contribution is -2.32. The molecule has 6 heteroatoms. The average molecular weight is 251 g/mol. The summed E-state index contributed by atoms with van der Waals surface area (Å²) in [6.07, 6.45) is 1.15. The van der Waals surface area contributed by atoms with Gasteiger partial charge in [0.15, 0.2) is 0 Å². The van der Waals surface area contributed by atoms with Crippen molar-refractivity contribution in [3.8, 4) is 0 Å². The molecule has 0 saturated carbocycles. The van der Waals surface area contributed by atoms with E-state index in [2.05, 4.69) is 0 Å². The highest BCUT2D eigenvalue weighted by molar-refractivity contribution is 7.85. The molecule has 96 valence electrons. The van der Waals surface area contributed by atoms with Gasteiger partial charge in [-0.15, -0.1) is 0 Å². The van der Waals surface area contributed by atoms with E-state index < -0.39 is 15.9 Å². The van der Waals surface area contributed by atoms with Gasteiger partial charge < -0.3 is 4.90 Å². The Labute approximate surface area is 97.6 Å². The molecule has 0 aromatic carbocycles. The van der Waals surface area contributed by atoms with Gasteiger partial charge in [-0.2, -0.15) is 8.42 Å². The number of carbonyl (C=O) groups is 1. The lowest BCUT2D eigenvalue weighted by atomic mass is 9.90. The maximum absolute atomic E-state index is 11.6. The second kappa shape index (κ2) is 5.63. The smallest absolute Gasteiger partial charge is 0.266 e. The highest BCUT2D eigenvalue weighted by Crippen LogP contribution is 2.20. The fourth-order valence-electron chi connectivity index (χ4n) is 1.05. The summed E-state index contributed by atoms with van der Waals surface area (Å²) in [6.45, 7) is 6.15. The van der Waals surface area contributed by atoms with Crippen molar-refractivity contribution in [1.29, 1.82) is 0 Å². The monoisotopic (exact) mass is 251 g/mol. The summed E-state index contributed by atoms with van der Waals surface area (Å²) in [5, 5.41) is 0. The van der Waals surface area contributed by atoms with Crippen LogP contribution in [0.1, 0.15) is 33.6 Å². The van der Waals surface area contributed by atoms with Gasteiger partial charge in [0.05, 0.1) is 5.75 Å². The highest BCUT2D eigenvalue weighted by atomic mass is 32.2. The Morgan fingerprint density at radius 1 is 1.31 bits per heavy atom. The second-order valence-corrected chi connectivity index (χ2v) is 6.73. The molecule has 0 aliphatic carbocycles.